The third-order valence-corrected chi connectivity index (χ3v) is 5.30. The molecular formula is C19H39S. The van der Waals surface area contributed by atoms with E-state index in [0.29, 0.717) is 0 Å². The summed E-state index contributed by atoms with van der Waals surface area (Å²) in [6, 6.07) is 0. The molecule has 0 aromatic heterocycles. The zero-order chi connectivity index (χ0) is 14.9. The topological polar surface area (TPSA) is 0 Å². The summed E-state index contributed by atoms with van der Waals surface area (Å²) in [5.74, 6) is 0. The van der Waals surface area contributed by atoms with E-state index >= 15 is 0 Å². The van der Waals surface area contributed by atoms with E-state index in [1.807, 2.05) is 11.8 Å². The largest absolute Gasteiger partial charge is 0.162 e. The molecule has 0 saturated carbocycles. The van der Waals surface area contributed by atoms with Crippen LogP contribution in [0.1, 0.15) is 103 Å². The Morgan fingerprint density at radius 2 is 1.00 bits per heavy atom. The van der Waals surface area contributed by atoms with Crippen molar-refractivity contribution in [2.45, 2.75) is 108 Å². The van der Waals surface area contributed by atoms with Crippen LogP contribution in [-0.4, -0.2) is 11.5 Å². The second kappa shape index (κ2) is 17.4. The van der Waals surface area contributed by atoms with Crippen LogP contribution in [0, 0.1) is 6.92 Å². The fourth-order valence-corrected chi connectivity index (χ4v) is 3.07. The van der Waals surface area contributed by atoms with Crippen LogP contribution < -0.4 is 0 Å². The highest BCUT2D eigenvalue weighted by Crippen LogP contribution is 2.16. The van der Waals surface area contributed by atoms with Crippen LogP contribution in [0.3, 0.4) is 0 Å². The van der Waals surface area contributed by atoms with Crippen molar-refractivity contribution in [2.24, 2.45) is 0 Å². The molecule has 0 bridgehead atoms. The molecule has 0 aromatic rings. The lowest BCUT2D eigenvalue weighted by Crippen LogP contribution is -1.94. The average Bonchev–Trinajstić information content (AvgIpc) is 2.47. The maximum Gasteiger partial charge on any atom is 0.00159 e. The molecule has 1 heteroatoms. The Kier molecular flexibility index (Phi) is 17.7. The lowest BCUT2D eigenvalue weighted by Gasteiger charge is -2.07. The Hall–Kier alpha value is 0.350. The van der Waals surface area contributed by atoms with E-state index in [4.69, 9.17) is 0 Å². The first-order chi connectivity index (χ1) is 9.81. The molecule has 0 aliphatic heterocycles. The van der Waals surface area contributed by atoms with Gasteiger partial charge in [0, 0.05) is 5.25 Å². The van der Waals surface area contributed by atoms with Crippen LogP contribution in [0.15, 0.2) is 0 Å². The monoisotopic (exact) mass is 299 g/mol. The Balaban J connectivity index is 2.96. The summed E-state index contributed by atoms with van der Waals surface area (Å²) in [4.78, 5) is 0. The van der Waals surface area contributed by atoms with Gasteiger partial charge < -0.3 is 0 Å². The maximum atomic E-state index is 3.89. The standard InChI is InChI=1S/C19H39S/c1-4-5-6-7-8-9-10-11-12-13-14-15-16-17-18-19(2)20-3/h19H,1,4-18H2,2-3H3. The normalized spacial score (nSPS) is 12.8. The molecule has 0 rings (SSSR count). The van der Waals surface area contributed by atoms with Gasteiger partial charge >= 0.3 is 0 Å². The molecule has 0 aliphatic carbocycles. The molecule has 121 valence electrons. The van der Waals surface area contributed by atoms with E-state index in [2.05, 4.69) is 20.1 Å². The molecule has 0 heterocycles. The van der Waals surface area contributed by atoms with Crippen LogP contribution in [0.2, 0.25) is 0 Å². The van der Waals surface area contributed by atoms with Gasteiger partial charge in [0.15, 0.2) is 0 Å². The minimum Gasteiger partial charge on any atom is -0.162 e. The molecule has 0 amide bonds. The first kappa shape index (κ1) is 20.3. The number of rotatable bonds is 16. The lowest BCUT2D eigenvalue weighted by molar-refractivity contribution is 0.533. The molecule has 0 aliphatic rings. The van der Waals surface area contributed by atoms with Gasteiger partial charge in [0.1, 0.15) is 0 Å². The maximum absolute atomic E-state index is 3.89. The third kappa shape index (κ3) is 16.4. The number of unbranched alkanes of at least 4 members (excludes halogenated alkanes) is 13. The Labute approximate surface area is 133 Å². The van der Waals surface area contributed by atoms with E-state index in [1.165, 1.54) is 89.9 Å². The van der Waals surface area contributed by atoms with Gasteiger partial charge in [-0.25, -0.2) is 0 Å². The molecule has 0 spiro atoms. The van der Waals surface area contributed by atoms with Crippen molar-refractivity contribution >= 4 is 11.8 Å². The van der Waals surface area contributed by atoms with Gasteiger partial charge in [-0.1, -0.05) is 104 Å². The predicted octanol–water partition coefficient (Wildman–Crippen LogP) is 7.42. The van der Waals surface area contributed by atoms with Crippen LogP contribution in [0.4, 0.5) is 0 Å². The van der Waals surface area contributed by atoms with Gasteiger partial charge in [-0.15, -0.1) is 0 Å². The van der Waals surface area contributed by atoms with E-state index in [-0.39, 0.29) is 0 Å². The highest BCUT2D eigenvalue weighted by atomic mass is 32.2. The zero-order valence-corrected chi connectivity index (χ0v) is 15.1. The van der Waals surface area contributed by atoms with Crippen molar-refractivity contribution in [3.8, 4) is 0 Å². The molecule has 0 nitrogen and oxygen atoms in total. The lowest BCUT2D eigenvalue weighted by atomic mass is 10.0. The molecule has 1 atom stereocenters. The minimum atomic E-state index is 0.864. The van der Waals surface area contributed by atoms with Gasteiger partial charge in [-0.05, 0) is 12.7 Å². The number of hydrogen-bond acceptors (Lipinski definition) is 1. The fourth-order valence-electron chi connectivity index (χ4n) is 2.67. The van der Waals surface area contributed by atoms with Crippen molar-refractivity contribution in [3.63, 3.8) is 0 Å². The Morgan fingerprint density at radius 1 is 0.650 bits per heavy atom. The summed E-state index contributed by atoms with van der Waals surface area (Å²) in [6.45, 7) is 6.24. The Bertz CT molecular complexity index is 167. The summed E-state index contributed by atoms with van der Waals surface area (Å²) >= 11 is 2.01. The van der Waals surface area contributed by atoms with Crippen LogP contribution in [0.5, 0.6) is 0 Å². The van der Waals surface area contributed by atoms with E-state index in [1.54, 1.807) is 0 Å². The average molecular weight is 300 g/mol. The van der Waals surface area contributed by atoms with Gasteiger partial charge in [0.2, 0.25) is 0 Å². The highest BCUT2D eigenvalue weighted by molar-refractivity contribution is 7.99. The molecule has 1 unspecified atom stereocenters. The van der Waals surface area contributed by atoms with Crippen molar-refractivity contribution in [2.75, 3.05) is 6.26 Å². The molecule has 0 fully saturated rings. The van der Waals surface area contributed by atoms with Crippen LogP contribution in [-0.2, 0) is 0 Å². The molecule has 0 N–H and O–H groups in total. The quantitative estimate of drug-likeness (QED) is 0.267. The van der Waals surface area contributed by atoms with Crippen molar-refractivity contribution in [1.29, 1.82) is 0 Å². The SMILES string of the molecule is [CH2]CCCCCCCCCCCCCCCC(C)SC. The van der Waals surface area contributed by atoms with Crippen LogP contribution >= 0.6 is 11.8 Å². The van der Waals surface area contributed by atoms with Crippen molar-refractivity contribution < 1.29 is 0 Å². The van der Waals surface area contributed by atoms with Crippen molar-refractivity contribution in [1.82, 2.24) is 0 Å². The first-order valence-electron chi connectivity index (χ1n) is 9.13. The number of hydrogen-bond donors (Lipinski definition) is 0. The smallest absolute Gasteiger partial charge is 0.00159 e. The molecular weight excluding hydrogens is 260 g/mol. The fraction of sp³-hybridized carbons (Fsp3) is 0.947. The van der Waals surface area contributed by atoms with Crippen LogP contribution in [0.25, 0.3) is 0 Å². The summed E-state index contributed by atoms with van der Waals surface area (Å²) < 4.78 is 0. The number of thioether (sulfide) groups is 1. The summed E-state index contributed by atoms with van der Waals surface area (Å²) in [7, 11) is 0. The second-order valence-electron chi connectivity index (χ2n) is 6.28. The van der Waals surface area contributed by atoms with Gasteiger partial charge in [0.25, 0.3) is 0 Å². The van der Waals surface area contributed by atoms with E-state index in [0.717, 1.165) is 11.7 Å². The minimum absolute atomic E-state index is 0.864. The molecule has 0 aromatic carbocycles. The predicted molar refractivity (Wildman–Crippen MR) is 97.6 cm³/mol. The highest BCUT2D eigenvalue weighted by Gasteiger charge is 1.98. The zero-order valence-electron chi connectivity index (χ0n) is 14.3. The van der Waals surface area contributed by atoms with E-state index in [9.17, 15) is 0 Å². The first-order valence-corrected chi connectivity index (χ1v) is 10.4. The summed E-state index contributed by atoms with van der Waals surface area (Å²) in [5.41, 5.74) is 0. The van der Waals surface area contributed by atoms with E-state index < -0.39 is 0 Å². The molecule has 20 heavy (non-hydrogen) atoms. The molecule has 1 radical (unpaired) electrons. The summed E-state index contributed by atoms with van der Waals surface area (Å²) in [5, 5.41) is 0.864. The van der Waals surface area contributed by atoms with Gasteiger partial charge in [0.05, 0.1) is 0 Å². The third-order valence-electron chi connectivity index (χ3n) is 4.26. The summed E-state index contributed by atoms with van der Waals surface area (Å²) in [6.07, 6.45) is 23.6. The van der Waals surface area contributed by atoms with Gasteiger partial charge in [-0.2, -0.15) is 11.8 Å². The second-order valence-corrected chi connectivity index (χ2v) is 7.56. The molecule has 0 saturated heterocycles. The van der Waals surface area contributed by atoms with Crippen molar-refractivity contribution in [3.05, 3.63) is 6.92 Å². The van der Waals surface area contributed by atoms with Gasteiger partial charge in [-0.3, -0.25) is 0 Å². The Morgan fingerprint density at radius 3 is 1.35 bits per heavy atom.